The number of rotatable bonds is 0. The quantitative estimate of drug-likeness (QED) is 0.632. The third kappa shape index (κ3) is 5.31. The van der Waals surface area contributed by atoms with Crippen molar-refractivity contribution in [3.05, 3.63) is 0 Å². The molecule has 1 rings (SSSR count). The molecule has 1 aliphatic rings. The van der Waals surface area contributed by atoms with Gasteiger partial charge in [0.25, 0.3) is 0 Å². The molecular weight excluding hydrogens is 260 g/mol. The van der Waals surface area contributed by atoms with Crippen molar-refractivity contribution in [2.24, 2.45) is 10.8 Å². The van der Waals surface area contributed by atoms with Crippen LogP contribution in [0.1, 0.15) is 27.7 Å². The van der Waals surface area contributed by atoms with Gasteiger partial charge in [0, 0.05) is 5.41 Å². The fourth-order valence-electron chi connectivity index (χ4n) is 1.31. The van der Waals surface area contributed by atoms with Gasteiger partial charge in [-0.1, -0.05) is 25.7 Å². The normalized spacial score (nSPS) is 18.2. The van der Waals surface area contributed by atoms with Crippen LogP contribution in [0.2, 0.25) is 0 Å². The van der Waals surface area contributed by atoms with Crippen LogP contribution in [0.15, 0.2) is 0 Å². The lowest BCUT2D eigenvalue weighted by molar-refractivity contribution is -0.234. The summed E-state index contributed by atoms with van der Waals surface area (Å²) in [5, 5.41) is 0. The van der Waals surface area contributed by atoms with Crippen molar-refractivity contribution >= 4 is 0 Å². The molecule has 0 aliphatic carbocycles. The van der Waals surface area contributed by atoms with Crippen molar-refractivity contribution in [2.75, 3.05) is 13.2 Å². The van der Waals surface area contributed by atoms with Crippen molar-refractivity contribution in [3.8, 4) is 60.2 Å². The lowest BCUT2D eigenvalue weighted by Crippen LogP contribution is -2.45. The molecule has 106 valence electrons. The number of hydrogen-bond acceptors (Lipinski definition) is 2. The fourth-order valence-corrected chi connectivity index (χ4v) is 1.31. The first-order valence-corrected chi connectivity index (χ1v) is 6.52. The summed E-state index contributed by atoms with van der Waals surface area (Å²) in [5.74, 6) is 19.8. The van der Waals surface area contributed by atoms with E-state index in [4.69, 9.17) is 22.3 Å². The van der Waals surface area contributed by atoms with E-state index in [2.05, 4.69) is 47.4 Å². The minimum absolute atomic E-state index is 0.0832. The molecule has 0 unspecified atom stereocenters. The summed E-state index contributed by atoms with van der Waals surface area (Å²) in [6.07, 6.45) is 10.5. The molecule has 1 heterocycles. The maximum Gasteiger partial charge on any atom is 0.302 e. The Hall–Kier alpha value is -2.28. The molecule has 2 heteroatoms. The first-order valence-electron chi connectivity index (χ1n) is 6.52. The minimum atomic E-state index is -1.31. The Balaban J connectivity index is 2.99. The molecule has 0 aromatic heterocycles. The highest BCUT2D eigenvalue weighted by molar-refractivity contribution is 5.39. The molecule has 1 aliphatic heterocycles. The highest BCUT2D eigenvalue weighted by atomic mass is 16.7. The van der Waals surface area contributed by atoms with Crippen molar-refractivity contribution < 1.29 is 9.47 Å². The lowest BCUT2D eigenvalue weighted by atomic mass is 9.94. The van der Waals surface area contributed by atoms with Gasteiger partial charge in [0.2, 0.25) is 0 Å². The zero-order valence-electron chi connectivity index (χ0n) is 12.9. The topological polar surface area (TPSA) is 18.5 Å². The summed E-state index contributed by atoms with van der Waals surface area (Å²) < 4.78 is 11.3. The molecule has 0 aromatic rings. The van der Waals surface area contributed by atoms with Crippen LogP contribution in [-0.4, -0.2) is 19.0 Å². The van der Waals surface area contributed by atoms with Gasteiger partial charge in [-0.05, 0) is 49.4 Å². The Bertz CT molecular complexity index is 651. The monoisotopic (exact) mass is 278 g/mol. The van der Waals surface area contributed by atoms with Crippen LogP contribution >= 0.6 is 0 Å². The smallest absolute Gasteiger partial charge is 0.302 e. The molecule has 2 nitrogen and oxygen atoms in total. The van der Waals surface area contributed by atoms with Crippen molar-refractivity contribution in [3.63, 3.8) is 0 Å². The van der Waals surface area contributed by atoms with Crippen LogP contribution < -0.4 is 0 Å². The third-order valence-corrected chi connectivity index (χ3v) is 2.66. The van der Waals surface area contributed by atoms with Crippen LogP contribution in [-0.2, 0) is 9.47 Å². The van der Waals surface area contributed by atoms with Gasteiger partial charge in [-0.25, -0.2) is 0 Å². The summed E-state index contributed by atoms with van der Waals surface area (Å²) in [7, 11) is 0. The van der Waals surface area contributed by atoms with Crippen molar-refractivity contribution in [2.45, 2.75) is 33.5 Å². The molecular formula is C19H18O2. The van der Waals surface area contributed by atoms with E-state index in [1.807, 2.05) is 27.7 Å². The Kier molecular flexibility index (Phi) is 5.15. The average Bonchev–Trinajstić information content (AvgIpc) is 2.44. The molecule has 21 heavy (non-hydrogen) atoms. The zero-order valence-corrected chi connectivity index (χ0v) is 12.9. The van der Waals surface area contributed by atoms with Crippen LogP contribution in [0.5, 0.6) is 0 Å². The van der Waals surface area contributed by atoms with Crippen LogP contribution in [0.3, 0.4) is 0 Å². The second-order valence-electron chi connectivity index (χ2n) is 6.02. The summed E-state index contributed by atoms with van der Waals surface area (Å²) in [5.41, 5.74) is -0.608. The lowest BCUT2D eigenvalue weighted by Gasteiger charge is -2.37. The Morgan fingerprint density at radius 2 is 1.52 bits per heavy atom. The summed E-state index contributed by atoms with van der Waals surface area (Å²) in [4.78, 5) is 0. The zero-order chi connectivity index (χ0) is 16.0. The van der Waals surface area contributed by atoms with Gasteiger partial charge >= 0.3 is 5.79 Å². The minimum Gasteiger partial charge on any atom is -0.329 e. The van der Waals surface area contributed by atoms with Crippen molar-refractivity contribution in [1.29, 1.82) is 0 Å². The Labute approximate surface area is 128 Å². The van der Waals surface area contributed by atoms with Gasteiger partial charge in [-0.2, -0.15) is 0 Å². The standard InChI is InChI=1S/C19H18O2/c1-7-9-13-19(20-15-18(5,6)16-21-19)14-11-10-12-17(3,4)8-2/h1-2H,15-16H2,3-6H3. The van der Waals surface area contributed by atoms with E-state index in [1.54, 1.807) is 0 Å². The van der Waals surface area contributed by atoms with E-state index in [0.29, 0.717) is 13.2 Å². The molecule has 0 radical (unpaired) electrons. The molecule has 0 saturated carbocycles. The summed E-state index contributed by atoms with van der Waals surface area (Å²) in [6, 6.07) is 0. The summed E-state index contributed by atoms with van der Waals surface area (Å²) in [6.45, 7) is 8.70. The van der Waals surface area contributed by atoms with Gasteiger partial charge in [0.1, 0.15) is 0 Å². The van der Waals surface area contributed by atoms with Crippen LogP contribution in [0.25, 0.3) is 0 Å². The van der Waals surface area contributed by atoms with E-state index >= 15 is 0 Å². The summed E-state index contributed by atoms with van der Waals surface area (Å²) >= 11 is 0. The second-order valence-corrected chi connectivity index (χ2v) is 6.02. The highest BCUT2D eigenvalue weighted by Crippen LogP contribution is 2.28. The first-order chi connectivity index (χ1) is 9.74. The number of hydrogen-bond donors (Lipinski definition) is 0. The molecule has 1 saturated heterocycles. The Morgan fingerprint density at radius 1 is 0.952 bits per heavy atom. The average molecular weight is 278 g/mol. The molecule has 1 fully saturated rings. The van der Waals surface area contributed by atoms with Gasteiger partial charge in [-0.3, -0.25) is 0 Å². The largest absolute Gasteiger partial charge is 0.329 e. The van der Waals surface area contributed by atoms with Gasteiger partial charge < -0.3 is 9.47 Å². The first kappa shape index (κ1) is 16.8. The van der Waals surface area contributed by atoms with Crippen LogP contribution in [0.4, 0.5) is 0 Å². The van der Waals surface area contributed by atoms with Gasteiger partial charge in [0.05, 0.1) is 18.6 Å². The third-order valence-electron chi connectivity index (χ3n) is 2.66. The molecule has 0 N–H and O–H groups in total. The van der Waals surface area contributed by atoms with Gasteiger partial charge in [0.15, 0.2) is 0 Å². The number of ether oxygens (including phenoxy) is 2. The highest BCUT2D eigenvalue weighted by Gasteiger charge is 2.38. The number of terminal acetylenes is 2. The maximum absolute atomic E-state index is 5.67. The van der Waals surface area contributed by atoms with E-state index < -0.39 is 11.2 Å². The van der Waals surface area contributed by atoms with Crippen LogP contribution in [0, 0.1) is 71.0 Å². The van der Waals surface area contributed by atoms with E-state index in [9.17, 15) is 0 Å². The Morgan fingerprint density at radius 3 is 2.05 bits per heavy atom. The fraction of sp³-hybridized carbons (Fsp3) is 0.474. The maximum atomic E-state index is 5.67. The predicted molar refractivity (Wildman–Crippen MR) is 83.2 cm³/mol. The molecule has 0 bridgehead atoms. The van der Waals surface area contributed by atoms with Crippen molar-refractivity contribution in [1.82, 2.24) is 0 Å². The molecule has 0 spiro atoms. The second kappa shape index (κ2) is 6.45. The predicted octanol–water partition coefficient (Wildman–Crippen LogP) is 2.06. The molecule has 0 amide bonds. The van der Waals surface area contributed by atoms with E-state index in [-0.39, 0.29) is 5.41 Å². The molecule has 0 atom stereocenters. The van der Waals surface area contributed by atoms with Gasteiger partial charge in [-0.15, -0.1) is 12.8 Å². The van der Waals surface area contributed by atoms with E-state index in [0.717, 1.165) is 0 Å². The van der Waals surface area contributed by atoms with E-state index in [1.165, 1.54) is 0 Å². The SMILES string of the molecule is C#CC#CC1(C#CC#CC(C)(C)C#C)OCC(C)(C)CO1. The molecule has 0 aromatic carbocycles.